The van der Waals surface area contributed by atoms with E-state index in [-0.39, 0.29) is 0 Å². The van der Waals surface area contributed by atoms with Crippen LogP contribution in [0.1, 0.15) is 13.3 Å². The second-order valence-electron chi connectivity index (χ2n) is 2.08. The number of hydrogen-bond acceptors (Lipinski definition) is 2. The van der Waals surface area contributed by atoms with E-state index in [1.807, 2.05) is 15.0 Å². The van der Waals surface area contributed by atoms with Crippen molar-refractivity contribution in [3.63, 3.8) is 0 Å². The highest BCUT2D eigenvalue weighted by Gasteiger charge is 1.92. The van der Waals surface area contributed by atoms with Crippen LogP contribution < -0.4 is 10.5 Å². The van der Waals surface area contributed by atoms with Gasteiger partial charge in [0.1, 0.15) is 0 Å². The Morgan fingerprint density at radius 2 is 2.25 bits per heavy atom. The molecule has 8 heavy (non-hydrogen) atoms. The summed E-state index contributed by atoms with van der Waals surface area (Å²) in [6.07, 6.45) is 1.20. The third-order valence-electron chi connectivity index (χ3n) is 1.32. The first-order chi connectivity index (χ1) is 3.81. The Labute approximate surface area is 52.5 Å². The number of rotatable bonds is 4. The molecule has 0 rings (SSSR count). The van der Waals surface area contributed by atoms with E-state index in [4.69, 9.17) is 0 Å². The Morgan fingerprint density at radius 3 is 2.62 bits per heavy atom. The van der Waals surface area contributed by atoms with E-state index in [9.17, 15) is 0 Å². The number of hydrogen-bond donors (Lipinski definition) is 2. The largest absolute Gasteiger partial charge is 0.362 e. The zero-order valence-electron chi connectivity index (χ0n) is 5.99. The van der Waals surface area contributed by atoms with Gasteiger partial charge in [0.2, 0.25) is 0 Å². The normalized spacial score (nSPS) is 13.8. The average molecular weight is 114 g/mol. The van der Waals surface area contributed by atoms with Gasteiger partial charge in [-0.3, -0.25) is 0 Å². The molecule has 0 aromatic rings. The third kappa shape index (κ3) is 4.15. The second kappa shape index (κ2) is 5.13. The molecule has 2 nitrogen and oxygen atoms in total. The smallest absolute Gasteiger partial charge is 0.181 e. The van der Waals surface area contributed by atoms with Crippen LogP contribution in [0.3, 0.4) is 0 Å². The van der Waals surface area contributed by atoms with E-state index in [1.54, 1.807) is 0 Å². The maximum absolute atomic E-state index is 3.16. The molecule has 0 saturated heterocycles. The minimum absolute atomic E-state index is 0.641. The van der Waals surface area contributed by atoms with Crippen LogP contribution in [-0.2, 0) is 0 Å². The molecule has 0 aromatic carbocycles. The van der Waals surface area contributed by atoms with Crippen molar-refractivity contribution in [2.24, 2.45) is 0 Å². The Bertz CT molecular complexity index is 49.7. The molecule has 1 unspecified atom stereocenters. The minimum Gasteiger partial charge on any atom is -0.362 e. The van der Waals surface area contributed by atoms with Crippen LogP contribution in [0.4, 0.5) is 0 Å². The maximum atomic E-state index is 3.16. The summed E-state index contributed by atoms with van der Waals surface area (Å²) in [4.78, 5) is 0. The van der Waals surface area contributed by atoms with Crippen LogP contribution in [0.5, 0.6) is 0 Å². The predicted molar refractivity (Wildman–Crippen MR) is 39.7 cm³/mol. The fourth-order valence-corrected chi connectivity index (χ4v) is 0.505. The van der Waals surface area contributed by atoms with Crippen molar-refractivity contribution in [2.45, 2.75) is 19.4 Å². The molecule has 0 spiro atoms. The number of nitrogens with one attached hydrogen (secondary N) is 2. The van der Waals surface area contributed by atoms with E-state index in [2.05, 4.69) is 17.5 Å². The van der Waals surface area contributed by atoms with Crippen LogP contribution in [-0.4, -0.2) is 27.6 Å². The monoisotopic (exact) mass is 114 g/mol. The van der Waals surface area contributed by atoms with Crippen LogP contribution in [0, 0.1) is 0 Å². The first kappa shape index (κ1) is 7.98. The summed E-state index contributed by atoms with van der Waals surface area (Å²) in [6, 6.07) is 0.641. The van der Waals surface area contributed by atoms with Gasteiger partial charge >= 0.3 is 0 Å². The van der Waals surface area contributed by atoms with E-state index in [0.717, 1.165) is 6.54 Å². The first-order valence-electron chi connectivity index (χ1n) is 3.13. The summed E-state index contributed by atoms with van der Waals surface area (Å²) in [5.41, 5.74) is 0. The van der Waals surface area contributed by atoms with Crippen molar-refractivity contribution in [3.05, 3.63) is 0 Å². The van der Waals surface area contributed by atoms with Crippen molar-refractivity contribution < 1.29 is 0 Å². The van der Waals surface area contributed by atoms with Crippen molar-refractivity contribution in [1.29, 1.82) is 0 Å². The molecule has 0 bridgehead atoms. The average Bonchev–Trinajstić information content (AvgIpc) is 1.83. The van der Waals surface area contributed by atoms with Gasteiger partial charge in [-0.1, -0.05) is 0 Å². The summed E-state index contributed by atoms with van der Waals surface area (Å²) in [6.45, 7) is 3.28. The summed E-state index contributed by atoms with van der Waals surface area (Å²) in [7, 11) is 3.96. The highest BCUT2D eigenvalue weighted by atomic mass is 14.9. The molecule has 1 atom stereocenters. The molecule has 0 radical (unpaired) electrons. The molecule has 48 valence electrons. The molecule has 0 heterocycles. The van der Waals surface area contributed by atoms with Crippen molar-refractivity contribution in [2.75, 3.05) is 13.6 Å². The molecule has 0 aliphatic heterocycles. The fourth-order valence-electron chi connectivity index (χ4n) is 0.505. The van der Waals surface area contributed by atoms with Crippen LogP contribution >= 0.6 is 0 Å². The van der Waals surface area contributed by atoms with Gasteiger partial charge in [-0.25, -0.2) is 0 Å². The fraction of sp³-hybridized carbons (Fsp3) is 1.00. The molecule has 0 saturated carbocycles. The summed E-state index contributed by atoms with van der Waals surface area (Å²) >= 11 is 0. The van der Waals surface area contributed by atoms with Crippen molar-refractivity contribution in [3.8, 4) is 0 Å². The predicted octanol–water partition coefficient (Wildman–Crippen LogP) is -0.878. The molecule has 0 aliphatic rings. The van der Waals surface area contributed by atoms with Gasteiger partial charge in [-0.15, -0.1) is 0 Å². The minimum atomic E-state index is 0.641. The van der Waals surface area contributed by atoms with Crippen LogP contribution in [0.25, 0.3) is 0 Å². The SMILES string of the molecule is BNCCC(C)NC. The highest BCUT2D eigenvalue weighted by molar-refractivity contribution is 6.04. The Kier molecular flexibility index (Phi) is 5.12. The lowest BCUT2D eigenvalue weighted by molar-refractivity contribution is 0.563. The van der Waals surface area contributed by atoms with Gasteiger partial charge in [0, 0.05) is 6.04 Å². The lowest BCUT2D eigenvalue weighted by Crippen LogP contribution is -2.25. The van der Waals surface area contributed by atoms with Crippen LogP contribution in [0.15, 0.2) is 0 Å². The van der Waals surface area contributed by atoms with E-state index < -0.39 is 0 Å². The van der Waals surface area contributed by atoms with Gasteiger partial charge < -0.3 is 10.5 Å². The summed E-state index contributed by atoms with van der Waals surface area (Å²) in [5.74, 6) is 0. The molecular formula is C5H15BN2. The van der Waals surface area contributed by atoms with E-state index >= 15 is 0 Å². The zero-order chi connectivity index (χ0) is 6.41. The van der Waals surface area contributed by atoms with E-state index in [1.165, 1.54) is 6.42 Å². The van der Waals surface area contributed by atoms with E-state index in [0.29, 0.717) is 6.04 Å². The third-order valence-corrected chi connectivity index (χ3v) is 1.32. The van der Waals surface area contributed by atoms with Gasteiger partial charge in [0.25, 0.3) is 0 Å². The molecule has 0 fully saturated rings. The lowest BCUT2D eigenvalue weighted by atomic mass is 10.2. The summed E-state index contributed by atoms with van der Waals surface area (Å²) in [5, 5.41) is 6.25. The molecule has 0 aromatic heterocycles. The Balaban J connectivity index is 2.86. The molecule has 3 heteroatoms. The summed E-state index contributed by atoms with van der Waals surface area (Å²) < 4.78 is 0. The van der Waals surface area contributed by atoms with Gasteiger partial charge in [0.05, 0.1) is 0 Å². The Morgan fingerprint density at radius 1 is 1.62 bits per heavy atom. The zero-order valence-corrected chi connectivity index (χ0v) is 5.99. The van der Waals surface area contributed by atoms with Gasteiger partial charge in [0.15, 0.2) is 7.98 Å². The maximum Gasteiger partial charge on any atom is 0.181 e. The highest BCUT2D eigenvalue weighted by Crippen LogP contribution is 1.84. The molecule has 2 N–H and O–H groups in total. The second-order valence-corrected chi connectivity index (χ2v) is 2.08. The molecular weight excluding hydrogens is 98.9 g/mol. The Hall–Kier alpha value is -0.0151. The van der Waals surface area contributed by atoms with Gasteiger partial charge in [-0.2, -0.15) is 0 Å². The standard InChI is InChI=1S/C5H15BN2/c1-5(7-2)3-4-8-6/h5,7-8H,3-4,6H2,1-2H3. The lowest BCUT2D eigenvalue weighted by Gasteiger charge is -2.07. The van der Waals surface area contributed by atoms with Gasteiger partial charge in [-0.05, 0) is 26.9 Å². The topological polar surface area (TPSA) is 24.1 Å². The first-order valence-corrected chi connectivity index (χ1v) is 3.13. The quantitative estimate of drug-likeness (QED) is 0.464. The molecule has 0 aliphatic carbocycles. The van der Waals surface area contributed by atoms with Crippen LogP contribution in [0.2, 0.25) is 0 Å². The molecule has 0 amide bonds. The van der Waals surface area contributed by atoms with Crippen molar-refractivity contribution in [1.82, 2.24) is 10.5 Å². The van der Waals surface area contributed by atoms with Crippen molar-refractivity contribution >= 4 is 7.98 Å².